The molecular formula is C16H28N4O8. The molecule has 12 nitrogen and oxygen atoms in total. The number of hydrogen-bond acceptors (Lipinski definition) is 7. The maximum atomic E-state index is 12.5. The quantitative estimate of drug-likeness (QED) is 0.192. The van der Waals surface area contributed by atoms with Gasteiger partial charge in [0.25, 0.3) is 0 Å². The first-order chi connectivity index (χ1) is 12.8. The monoisotopic (exact) mass is 404 g/mol. The highest BCUT2D eigenvalue weighted by Gasteiger charge is 2.33. The van der Waals surface area contributed by atoms with Crippen LogP contribution in [0, 0.1) is 5.92 Å². The number of carboxylic acid groups (broad SMARTS) is 2. The van der Waals surface area contributed by atoms with Gasteiger partial charge in [-0.1, -0.05) is 13.8 Å². The topological polar surface area (TPSA) is 208 Å². The maximum Gasteiger partial charge on any atom is 0.325 e. The first kappa shape index (κ1) is 25.3. The maximum absolute atomic E-state index is 12.5. The fourth-order valence-electron chi connectivity index (χ4n) is 2.09. The highest BCUT2D eigenvalue weighted by molar-refractivity contribution is 5.95. The second-order valence-corrected chi connectivity index (χ2v) is 6.73. The normalized spacial score (nSPS) is 16.2. The Labute approximate surface area is 161 Å². The van der Waals surface area contributed by atoms with E-state index in [1.807, 2.05) is 0 Å². The molecule has 0 aromatic rings. The van der Waals surface area contributed by atoms with Gasteiger partial charge in [0.1, 0.15) is 18.1 Å². The van der Waals surface area contributed by atoms with Crippen LogP contribution in [-0.4, -0.2) is 75.3 Å². The summed E-state index contributed by atoms with van der Waals surface area (Å²) in [6, 6.07) is -5.27. The van der Waals surface area contributed by atoms with Gasteiger partial charge in [-0.3, -0.25) is 24.0 Å². The molecule has 0 aliphatic carbocycles. The number of carbonyl (C=O) groups excluding carboxylic acids is 3. The lowest BCUT2D eigenvalue weighted by molar-refractivity contribution is -0.142. The van der Waals surface area contributed by atoms with Crippen LogP contribution in [0.25, 0.3) is 0 Å². The Morgan fingerprint density at radius 2 is 1.29 bits per heavy atom. The van der Waals surface area contributed by atoms with Gasteiger partial charge in [0.05, 0.1) is 18.6 Å². The van der Waals surface area contributed by atoms with Gasteiger partial charge < -0.3 is 37.0 Å². The van der Waals surface area contributed by atoms with Crippen molar-refractivity contribution in [1.29, 1.82) is 0 Å². The molecule has 28 heavy (non-hydrogen) atoms. The molecule has 5 unspecified atom stereocenters. The average Bonchev–Trinajstić information content (AvgIpc) is 2.55. The second-order valence-electron chi connectivity index (χ2n) is 6.73. The van der Waals surface area contributed by atoms with Crippen LogP contribution in [0.3, 0.4) is 0 Å². The van der Waals surface area contributed by atoms with E-state index >= 15 is 0 Å². The van der Waals surface area contributed by atoms with E-state index in [9.17, 15) is 29.1 Å². The predicted octanol–water partition coefficient (Wildman–Crippen LogP) is -2.62. The third-order valence-corrected chi connectivity index (χ3v) is 3.77. The number of rotatable bonds is 11. The Balaban J connectivity index is 5.22. The Kier molecular flexibility index (Phi) is 10.1. The van der Waals surface area contributed by atoms with E-state index < -0.39 is 72.3 Å². The summed E-state index contributed by atoms with van der Waals surface area (Å²) in [6.45, 7) is 5.62. The average molecular weight is 404 g/mol. The molecule has 0 heterocycles. The van der Waals surface area contributed by atoms with Gasteiger partial charge in [0, 0.05) is 0 Å². The molecule has 0 fully saturated rings. The van der Waals surface area contributed by atoms with Crippen molar-refractivity contribution in [2.75, 3.05) is 0 Å². The highest BCUT2D eigenvalue weighted by atomic mass is 16.4. The summed E-state index contributed by atoms with van der Waals surface area (Å²) < 4.78 is 0. The van der Waals surface area contributed by atoms with Crippen LogP contribution in [0.1, 0.15) is 34.1 Å². The minimum Gasteiger partial charge on any atom is -0.481 e. The van der Waals surface area contributed by atoms with Gasteiger partial charge in [-0.15, -0.1) is 0 Å². The summed E-state index contributed by atoms with van der Waals surface area (Å²) in [5.74, 6) is -5.66. The molecule has 0 bridgehead atoms. The molecule has 160 valence electrons. The minimum atomic E-state index is -1.47. The molecule has 0 spiro atoms. The van der Waals surface area contributed by atoms with Crippen LogP contribution in [-0.2, 0) is 24.0 Å². The minimum absolute atomic E-state index is 0.461. The predicted molar refractivity (Wildman–Crippen MR) is 95.8 cm³/mol. The van der Waals surface area contributed by atoms with Crippen molar-refractivity contribution in [1.82, 2.24) is 16.0 Å². The lowest BCUT2D eigenvalue weighted by Gasteiger charge is -2.27. The number of aliphatic hydroxyl groups excluding tert-OH is 1. The molecule has 3 amide bonds. The third kappa shape index (κ3) is 8.31. The summed E-state index contributed by atoms with van der Waals surface area (Å²) in [4.78, 5) is 58.2. The van der Waals surface area contributed by atoms with Crippen molar-refractivity contribution in [3.8, 4) is 0 Å². The SMILES string of the molecule is CC(NC(=O)C(NC(=O)C(NC(=O)C(N)CC(=O)O)C(C)C)C(C)O)C(=O)O. The van der Waals surface area contributed by atoms with Gasteiger partial charge in [0.2, 0.25) is 17.7 Å². The lowest BCUT2D eigenvalue weighted by Crippen LogP contribution is -2.60. The van der Waals surface area contributed by atoms with E-state index in [-0.39, 0.29) is 0 Å². The van der Waals surface area contributed by atoms with Crippen molar-refractivity contribution in [2.45, 2.75) is 64.4 Å². The van der Waals surface area contributed by atoms with Gasteiger partial charge in [-0.2, -0.15) is 0 Å². The molecule has 0 aromatic carbocycles. The molecular weight excluding hydrogens is 376 g/mol. The summed E-state index contributed by atoms with van der Waals surface area (Å²) in [5, 5.41) is 34.0. The van der Waals surface area contributed by atoms with Crippen molar-refractivity contribution in [2.24, 2.45) is 11.7 Å². The highest BCUT2D eigenvalue weighted by Crippen LogP contribution is 2.05. The van der Waals surface area contributed by atoms with Gasteiger partial charge in [-0.05, 0) is 19.8 Å². The van der Waals surface area contributed by atoms with Crippen LogP contribution in [0.4, 0.5) is 0 Å². The molecule has 0 saturated heterocycles. The Hall–Kier alpha value is -2.73. The van der Waals surface area contributed by atoms with E-state index in [0.717, 1.165) is 0 Å². The van der Waals surface area contributed by atoms with Crippen molar-refractivity contribution in [3.63, 3.8) is 0 Å². The molecule has 5 atom stereocenters. The van der Waals surface area contributed by atoms with E-state index in [4.69, 9.17) is 15.9 Å². The van der Waals surface area contributed by atoms with E-state index in [1.54, 1.807) is 13.8 Å². The lowest BCUT2D eigenvalue weighted by atomic mass is 10.0. The fraction of sp³-hybridized carbons (Fsp3) is 0.688. The number of aliphatic hydroxyl groups is 1. The molecule has 0 aliphatic rings. The fourth-order valence-corrected chi connectivity index (χ4v) is 2.09. The zero-order valence-corrected chi connectivity index (χ0v) is 16.1. The largest absolute Gasteiger partial charge is 0.481 e. The number of carboxylic acids is 2. The van der Waals surface area contributed by atoms with Crippen LogP contribution >= 0.6 is 0 Å². The van der Waals surface area contributed by atoms with Crippen LogP contribution < -0.4 is 21.7 Å². The number of carbonyl (C=O) groups is 5. The van der Waals surface area contributed by atoms with E-state index in [1.165, 1.54) is 13.8 Å². The van der Waals surface area contributed by atoms with Gasteiger partial charge in [0.15, 0.2) is 0 Å². The molecule has 0 saturated carbocycles. The smallest absolute Gasteiger partial charge is 0.325 e. The summed E-state index contributed by atoms with van der Waals surface area (Å²) >= 11 is 0. The number of nitrogens with two attached hydrogens (primary N) is 1. The number of aliphatic carboxylic acids is 2. The number of amides is 3. The van der Waals surface area contributed by atoms with Crippen LogP contribution in [0.2, 0.25) is 0 Å². The Bertz CT molecular complexity index is 607. The molecule has 0 aliphatic heterocycles. The zero-order valence-electron chi connectivity index (χ0n) is 16.1. The molecule has 12 heteroatoms. The van der Waals surface area contributed by atoms with E-state index in [0.29, 0.717) is 0 Å². The summed E-state index contributed by atoms with van der Waals surface area (Å²) in [7, 11) is 0. The first-order valence-corrected chi connectivity index (χ1v) is 8.57. The first-order valence-electron chi connectivity index (χ1n) is 8.57. The Morgan fingerprint density at radius 3 is 1.68 bits per heavy atom. The molecule has 8 N–H and O–H groups in total. The van der Waals surface area contributed by atoms with Crippen molar-refractivity contribution in [3.05, 3.63) is 0 Å². The van der Waals surface area contributed by atoms with Gasteiger partial charge >= 0.3 is 11.9 Å². The van der Waals surface area contributed by atoms with Crippen LogP contribution in [0.5, 0.6) is 0 Å². The van der Waals surface area contributed by atoms with E-state index in [2.05, 4.69) is 16.0 Å². The molecule has 0 radical (unpaired) electrons. The number of hydrogen-bond donors (Lipinski definition) is 7. The van der Waals surface area contributed by atoms with Crippen LogP contribution in [0.15, 0.2) is 0 Å². The van der Waals surface area contributed by atoms with Crippen molar-refractivity contribution >= 4 is 29.7 Å². The number of nitrogens with one attached hydrogen (secondary N) is 3. The van der Waals surface area contributed by atoms with Gasteiger partial charge in [-0.25, -0.2) is 0 Å². The summed E-state index contributed by atoms with van der Waals surface area (Å²) in [6.07, 6.45) is -1.99. The molecule has 0 rings (SSSR count). The third-order valence-electron chi connectivity index (χ3n) is 3.77. The van der Waals surface area contributed by atoms with Crippen molar-refractivity contribution < 1.29 is 39.3 Å². The standard InChI is InChI=1S/C16H28N4O8/c1-6(2)11(19-13(24)9(17)5-10(22)23)14(25)20-12(8(4)21)15(26)18-7(3)16(27)28/h6-9,11-12,21H,5,17H2,1-4H3,(H,18,26)(H,19,24)(H,20,25)(H,22,23)(H,27,28). The summed E-state index contributed by atoms with van der Waals surface area (Å²) in [5.41, 5.74) is 5.46. The Morgan fingerprint density at radius 1 is 0.821 bits per heavy atom. The molecule has 0 aromatic heterocycles. The zero-order chi connectivity index (χ0) is 22.2. The second kappa shape index (κ2) is 11.2.